The van der Waals surface area contributed by atoms with E-state index in [1.54, 1.807) is 23.6 Å². The van der Waals surface area contributed by atoms with Crippen LogP contribution >= 0.6 is 34.7 Å². The highest BCUT2D eigenvalue weighted by atomic mass is 35.5. The number of anilines is 1. The molecule has 0 spiro atoms. The van der Waals surface area contributed by atoms with Crippen LogP contribution in [0.1, 0.15) is 10.5 Å². The second-order valence-electron chi connectivity index (χ2n) is 2.85. The lowest BCUT2D eigenvalue weighted by atomic mass is 10.3. The molecule has 0 fully saturated rings. The Bertz CT molecular complexity index is 515. The predicted octanol–water partition coefficient (Wildman–Crippen LogP) is 3.10. The van der Waals surface area contributed by atoms with Crippen LogP contribution < -0.4 is 5.32 Å². The van der Waals surface area contributed by atoms with Gasteiger partial charge < -0.3 is 5.32 Å². The second-order valence-corrected chi connectivity index (χ2v) is 4.24. The third kappa shape index (κ3) is 2.32. The molecule has 7 heteroatoms. The molecule has 1 N–H and O–H groups in total. The smallest absolute Gasteiger partial charge is 0.277 e. The Kier molecular flexibility index (Phi) is 3.38. The highest BCUT2D eigenvalue weighted by Gasteiger charge is 2.11. The Morgan fingerprint density at radius 1 is 1.38 bits per heavy atom. The van der Waals surface area contributed by atoms with Gasteiger partial charge in [-0.05, 0) is 23.7 Å². The summed E-state index contributed by atoms with van der Waals surface area (Å²) in [7, 11) is 0. The van der Waals surface area contributed by atoms with Gasteiger partial charge in [0, 0.05) is 5.38 Å². The minimum atomic E-state index is -0.363. The van der Waals surface area contributed by atoms with Crippen molar-refractivity contribution in [3.8, 4) is 0 Å². The van der Waals surface area contributed by atoms with Crippen molar-refractivity contribution in [2.45, 2.75) is 0 Å². The summed E-state index contributed by atoms with van der Waals surface area (Å²) in [4.78, 5) is 11.6. The van der Waals surface area contributed by atoms with E-state index in [0.717, 1.165) is 11.5 Å². The number of carbonyl (C=O) groups excluding carboxylic acids is 1. The summed E-state index contributed by atoms with van der Waals surface area (Å²) in [5.74, 6) is -0.363. The number of aromatic nitrogens is 2. The van der Waals surface area contributed by atoms with Gasteiger partial charge in [-0.3, -0.25) is 4.79 Å². The first-order valence-corrected chi connectivity index (χ1v) is 5.80. The van der Waals surface area contributed by atoms with E-state index in [4.69, 9.17) is 23.2 Å². The third-order valence-electron chi connectivity index (χ3n) is 1.79. The van der Waals surface area contributed by atoms with E-state index < -0.39 is 0 Å². The molecule has 0 atom stereocenters. The molecule has 0 radical (unpaired) electrons. The maximum absolute atomic E-state index is 11.6. The van der Waals surface area contributed by atoms with Crippen LogP contribution in [0.2, 0.25) is 10.0 Å². The molecule has 0 aliphatic rings. The number of rotatable bonds is 2. The molecule has 0 aliphatic carbocycles. The summed E-state index contributed by atoms with van der Waals surface area (Å²) in [6, 6.07) is 5.00. The lowest BCUT2D eigenvalue weighted by Crippen LogP contribution is -2.12. The normalized spacial score (nSPS) is 10.1. The standard InChI is InChI=1S/C9H5Cl2N3OS/c10-5-2-1-3-6(8(5)11)12-9(15)7-4-16-14-13-7/h1-4H,(H,12,15). The van der Waals surface area contributed by atoms with Gasteiger partial charge in [-0.1, -0.05) is 33.8 Å². The summed E-state index contributed by atoms with van der Waals surface area (Å²) in [6.45, 7) is 0. The van der Waals surface area contributed by atoms with Crippen molar-refractivity contribution in [1.29, 1.82) is 0 Å². The van der Waals surface area contributed by atoms with Crippen LogP contribution in [0.15, 0.2) is 23.6 Å². The minimum absolute atomic E-state index is 0.251. The van der Waals surface area contributed by atoms with Gasteiger partial charge >= 0.3 is 0 Å². The van der Waals surface area contributed by atoms with Crippen LogP contribution in [-0.4, -0.2) is 15.5 Å². The lowest BCUT2D eigenvalue weighted by Gasteiger charge is -2.05. The molecule has 16 heavy (non-hydrogen) atoms. The number of carbonyl (C=O) groups is 1. The first kappa shape index (κ1) is 11.3. The van der Waals surface area contributed by atoms with Gasteiger partial charge in [0.15, 0.2) is 5.69 Å². The summed E-state index contributed by atoms with van der Waals surface area (Å²) in [6.07, 6.45) is 0. The van der Waals surface area contributed by atoms with Gasteiger partial charge in [-0.25, -0.2) is 0 Å². The third-order valence-corrected chi connectivity index (χ3v) is 3.12. The Morgan fingerprint density at radius 3 is 2.88 bits per heavy atom. The summed E-state index contributed by atoms with van der Waals surface area (Å²) in [5.41, 5.74) is 0.702. The number of amides is 1. The molecule has 0 bridgehead atoms. The van der Waals surface area contributed by atoms with Gasteiger partial charge in [0.25, 0.3) is 5.91 Å². The fraction of sp³-hybridized carbons (Fsp3) is 0. The molecular weight excluding hydrogens is 269 g/mol. The van der Waals surface area contributed by atoms with Gasteiger partial charge in [0.05, 0.1) is 15.7 Å². The fourth-order valence-electron chi connectivity index (χ4n) is 1.05. The highest BCUT2D eigenvalue weighted by molar-refractivity contribution is 7.03. The van der Waals surface area contributed by atoms with E-state index in [1.165, 1.54) is 0 Å². The van der Waals surface area contributed by atoms with Gasteiger partial charge in [-0.15, -0.1) is 5.10 Å². The van der Waals surface area contributed by atoms with Crippen LogP contribution in [0.5, 0.6) is 0 Å². The molecule has 1 aromatic carbocycles. The molecule has 2 rings (SSSR count). The molecule has 0 saturated carbocycles. The zero-order chi connectivity index (χ0) is 11.5. The Hall–Kier alpha value is -1.17. The van der Waals surface area contributed by atoms with Gasteiger partial charge in [0.1, 0.15) is 0 Å². The van der Waals surface area contributed by atoms with Crippen molar-refractivity contribution in [3.63, 3.8) is 0 Å². The predicted molar refractivity (Wildman–Crippen MR) is 64.3 cm³/mol. The molecule has 0 aliphatic heterocycles. The number of nitrogens with zero attached hydrogens (tertiary/aromatic N) is 2. The number of hydrogen-bond donors (Lipinski definition) is 1. The molecule has 82 valence electrons. The zero-order valence-electron chi connectivity index (χ0n) is 7.78. The van der Waals surface area contributed by atoms with Crippen LogP contribution in [0, 0.1) is 0 Å². The van der Waals surface area contributed by atoms with Gasteiger partial charge in [-0.2, -0.15) is 0 Å². The number of benzene rings is 1. The molecule has 1 amide bonds. The number of halogens is 2. The molecule has 0 saturated heterocycles. The maximum Gasteiger partial charge on any atom is 0.277 e. The summed E-state index contributed by atoms with van der Waals surface area (Å²) < 4.78 is 3.60. The van der Waals surface area contributed by atoms with Crippen molar-refractivity contribution in [1.82, 2.24) is 9.59 Å². The Labute approximate surface area is 105 Å². The van der Waals surface area contributed by atoms with Crippen molar-refractivity contribution in [3.05, 3.63) is 39.3 Å². The average Bonchev–Trinajstić information content (AvgIpc) is 2.78. The number of nitrogens with one attached hydrogen (secondary N) is 1. The SMILES string of the molecule is O=C(Nc1cccc(Cl)c1Cl)c1csnn1. The van der Waals surface area contributed by atoms with Crippen molar-refractivity contribution in [2.75, 3.05) is 5.32 Å². The first-order chi connectivity index (χ1) is 7.68. The van der Waals surface area contributed by atoms with Crippen molar-refractivity contribution < 1.29 is 4.79 Å². The molecule has 1 heterocycles. The average molecular weight is 274 g/mol. The first-order valence-electron chi connectivity index (χ1n) is 4.21. The van der Waals surface area contributed by atoms with E-state index in [1.807, 2.05) is 0 Å². The Balaban J connectivity index is 2.22. The highest BCUT2D eigenvalue weighted by Crippen LogP contribution is 2.29. The minimum Gasteiger partial charge on any atom is -0.319 e. The molecule has 2 aromatic rings. The van der Waals surface area contributed by atoms with Crippen molar-refractivity contribution in [2.24, 2.45) is 0 Å². The fourth-order valence-corrected chi connectivity index (χ4v) is 1.83. The second kappa shape index (κ2) is 4.78. The summed E-state index contributed by atoms with van der Waals surface area (Å²) in [5, 5.41) is 8.49. The zero-order valence-corrected chi connectivity index (χ0v) is 10.1. The van der Waals surface area contributed by atoms with Crippen LogP contribution in [0.25, 0.3) is 0 Å². The molecule has 0 unspecified atom stereocenters. The quantitative estimate of drug-likeness (QED) is 0.915. The van der Waals surface area contributed by atoms with E-state index in [0.29, 0.717) is 15.7 Å². The Morgan fingerprint density at radius 2 is 2.19 bits per heavy atom. The molecule has 4 nitrogen and oxygen atoms in total. The maximum atomic E-state index is 11.6. The monoisotopic (exact) mass is 273 g/mol. The summed E-state index contributed by atoms with van der Waals surface area (Å²) >= 11 is 12.8. The lowest BCUT2D eigenvalue weighted by molar-refractivity contribution is 0.102. The largest absolute Gasteiger partial charge is 0.319 e. The van der Waals surface area contributed by atoms with Crippen molar-refractivity contribution >= 4 is 46.3 Å². The van der Waals surface area contributed by atoms with E-state index >= 15 is 0 Å². The molecular formula is C9H5Cl2N3OS. The number of hydrogen-bond acceptors (Lipinski definition) is 4. The van der Waals surface area contributed by atoms with E-state index in [-0.39, 0.29) is 11.6 Å². The van der Waals surface area contributed by atoms with Crippen LogP contribution in [0.3, 0.4) is 0 Å². The van der Waals surface area contributed by atoms with Crippen LogP contribution in [0.4, 0.5) is 5.69 Å². The van der Waals surface area contributed by atoms with E-state index in [9.17, 15) is 4.79 Å². The topological polar surface area (TPSA) is 54.9 Å². The van der Waals surface area contributed by atoms with Crippen LogP contribution in [-0.2, 0) is 0 Å². The van der Waals surface area contributed by atoms with Gasteiger partial charge in [0.2, 0.25) is 0 Å². The van der Waals surface area contributed by atoms with E-state index in [2.05, 4.69) is 14.9 Å². The molecule has 1 aromatic heterocycles.